The van der Waals surface area contributed by atoms with Gasteiger partial charge in [-0.25, -0.2) is 4.98 Å². The Morgan fingerprint density at radius 2 is 2.00 bits per heavy atom. The van der Waals surface area contributed by atoms with Gasteiger partial charge in [0, 0.05) is 6.07 Å². The Morgan fingerprint density at radius 1 is 1.28 bits per heavy atom. The van der Waals surface area contributed by atoms with E-state index in [1.54, 1.807) is 32.5 Å². The standard InChI is InChI=1S/C11H12ClN3O2S/c1-16-8-4-9(17-2)7(3-6(8)12)15-11-14-5-10(13)18-11/h3-5H,13H2,1-2H3,(H,14,15). The van der Waals surface area contributed by atoms with Crippen LogP contribution in [0, 0.1) is 0 Å². The van der Waals surface area contributed by atoms with Crippen LogP contribution in [0.2, 0.25) is 5.02 Å². The molecule has 0 aliphatic carbocycles. The van der Waals surface area contributed by atoms with Gasteiger partial charge in [0.05, 0.1) is 31.1 Å². The summed E-state index contributed by atoms with van der Waals surface area (Å²) in [6.45, 7) is 0. The predicted molar refractivity (Wildman–Crippen MR) is 74.4 cm³/mol. The fourth-order valence-electron chi connectivity index (χ4n) is 1.42. The minimum absolute atomic E-state index is 0.491. The first-order valence-electron chi connectivity index (χ1n) is 5.04. The van der Waals surface area contributed by atoms with Crippen molar-refractivity contribution in [3.63, 3.8) is 0 Å². The normalized spacial score (nSPS) is 10.2. The minimum Gasteiger partial charge on any atom is -0.495 e. The van der Waals surface area contributed by atoms with Crippen molar-refractivity contribution in [2.45, 2.75) is 0 Å². The number of anilines is 3. The molecule has 7 heteroatoms. The number of nitrogens with one attached hydrogen (secondary N) is 1. The van der Waals surface area contributed by atoms with E-state index in [9.17, 15) is 0 Å². The lowest BCUT2D eigenvalue weighted by Gasteiger charge is -2.12. The van der Waals surface area contributed by atoms with Crippen molar-refractivity contribution < 1.29 is 9.47 Å². The Morgan fingerprint density at radius 3 is 2.56 bits per heavy atom. The monoisotopic (exact) mass is 285 g/mol. The number of methoxy groups -OCH3 is 2. The molecule has 0 bridgehead atoms. The summed E-state index contributed by atoms with van der Waals surface area (Å²) in [5, 5.41) is 4.90. The zero-order valence-corrected chi connectivity index (χ0v) is 11.4. The van der Waals surface area contributed by atoms with E-state index in [0.29, 0.717) is 32.3 Å². The number of halogens is 1. The highest BCUT2D eigenvalue weighted by Crippen LogP contribution is 2.38. The second-order valence-electron chi connectivity index (χ2n) is 3.38. The van der Waals surface area contributed by atoms with E-state index in [1.807, 2.05) is 0 Å². The van der Waals surface area contributed by atoms with Crippen molar-refractivity contribution in [3.05, 3.63) is 23.4 Å². The number of nitrogen functional groups attached to an aromatic ring is 1. The topological polar surface area (TPSA) is 69.4 Å². The van der Waals surface area contributed by atoms with E-state index >= 15 is 0 Å². The summed E-state index contributed by atoms with van der Waals surface area (Å²) in [7, 11) is 3.12. The molecule has 0 aliphatic heterocycles. The zero-order valence-electron chi connectivity index (χ0n) is 9.86. The Bertz CT molecular complexity index is 559. The lowest BCUT2D eigenvalue weighted by molar-refractivity contribution is 0.396. The lowest BCUT2D eigenvalue weighted by atomic mass is 10.2. The molecule has 0 spiro atoms. The number of hydrogen-bond acceptors (Lipinski definition) is 6. The third kappa shape index (κ3) is 2.60. The SMILES string of the molecule is COc1cc(OC)c(Nc2ncc(N)s2)cc1Cl. The second-order valence-corrected chi connectivity index (χ2v) is 4.85. The Labute approximate surface area is 113 Å². The van der Waals surface area contributed by atoms with Crippen molar-refractivity contribution >= 4 is 38.8 Å². The van der Waals surface area contributed by atoms with Crippen LogP contribution in [0.25, 0.3) is 0 Å². The maximum atomic E-state index is 6.07. The summed E-state index contributed by atoms with van der Waals surface area (Å²) in [5.41, 5.74) is 6.32. The fraction of sp³-hybridized carbons (Fsp3) is 0.182. The van der Waals surface area contributed by atoms with Gasteiger partial charge in [0.1, 0.15) is 16.5 Å². The van der Waals surface area contributed by atoms with Crippen molar-refractivity contribution in [2.24, 2.45) is 0 Å². The highest BCUT2D eigenvalue weighted by Gasteiger charge is 2.11. The summed E-state index contributed by atoms with van der Waals surface area (Å²) in [4.78, 5) is 4.11. The average molecular weight is 286 g/mol. The van der Waals surface area contributed by atoms with Crippen molar-refractivity contribution in [3.8, 4) is 11.5 Å². The maximum Gasteiger partial charge on any atom is 0.189 e. The first-order valence-corrected chi connectivity index (χ1v) is 6.23. The van der Waals surface area contributed by atoms with Gasteiger partial charge in [0.15, 0.2) is 5.13 Å². The smallest absolute Gasteiger partial charge is 0.189 e. The van der Waals surface area contributed by atoms with Gasteiger partial charge in [-0.3, -0.25) is 0 Å². The molecule has 0 saturated heterocycles. The zero-order chi connectivity index (χ0) is 13.1. The maximum absolute atomic E-state index is 6.07. The predicted octanol–water partition coefficient (Wildman–Crippen LogP) is 3.14. The lowest BCUT2D eigenvalue weighted by Crippen LogP contribution is -1.95. The van der Waals surface area contributed by atoms with Gasteiger partial charge < -0.3 is 20.5 Å². The van der Waals surface area contributed by atoms with Crippen LogP contribution in [0.15, 0.2) is 18.3 Å². The molecule has 2 aromatic rings. The van der Waals surface area contributed by atoms with Gasteiger partial charge in [0.25, 0.3) is 0 Å². The average Bonchev–Trinajstić information content (AvgIpc) is 2.75. The van der Waals surface area contributed by atoms with Gasteiger partial charge in [-0.15, -0.1) is 0 Å². The van der Waals surface area contributed by atoms with E-state index in [-0.39, 0.29) is 0 Å². The summed E-state index contributed by atoms with van der Waals surface area (Å²) < 4.78 is 10.4. The fourth-order valence-corrected chi connectivity index (χ4v) is 2.25. The molecule has 1 heterocycles. The molecule has 0 amide bonds. The first kappa shape index (κ1) is 12.8. The largest absolute Gasteiger partial charge is 0.495 e. The van der Waals surface area contributed by atoms with Crippen molar-refractivity contribution in [1.29, 1.82) is 0 Å². The van der Waals surface area contributed by atoms with Gasteiger partial charge in [-0.05, 0) is 6.07 Å². The van der Waals surface area contributed by atoms with Gasteiger partial charge in [0.2, 0.25) is 0 Å². The molecule has 18 heavy (non-hydrogen) atoms. The van der Waals surface area contributed by atoms with E-state index < -0.39 is 0 Å². The van der Waals surface area contributed by atoms with Gasteiger partial charge in [-0.2, -0.15) is 0 Å². The van der Waals surface area contributed by atoms with Crippen LogP contribution in [-0.2, 0) is 0 Å². The molecule has 96 valence electrons. The molecular weight excluding hydrogens is 274 g/mol. The van der Waals surface area contributed by atoms with E-state index in [0.717, 1.165) is 0 Å². The van der Waals surface area contributed by atoms with Crippen LogP contribution < -0.4 is 20.5 Å². The molecule has 0 saturated carbocycles. The number of benzene rings is 1. The number of nitrogens with two attached hydrogens (primary N) is 1. The molecular formula is C11H12ClN3O2S. The summed E-state index contributed by atoms with van der Waals surface area (Å²) in [5.74, 6) is 1.17. The summed E-state index contributed by atoms with van der Waals surface area (Å²) in [6, 6.07) is 3.43. The molecule has 1 aromatic carbocycles. The number of aromatic nitrogens is 1. The third-order valence-corrected chi connectivity index (χ3v) is 3.28. The second kappa shape index (κ2) is 5.32. The Balaban J connectivity index is 2.34. The van der Waals surface area contributed by atoms with Crippen LogP contribution >= 0.6 is 22.9 Å². The molecule has 5 nitrogen and oxygen atoms in total. The van der Waals surface area contributed by atoms with Crippen LogP contribution in [0.5, 0.6) is 11.5 Å². The third-order valence-electron chi connectivity index (χ3n) is 2.24. The molecule has 0 unspecified atom stereocenters. The van der Waals surface area contributed by atoms with Crippen molar-refractivity contribution in [2.75, 3.05) is 25.3 Å². The van der Waals surface area contributed by atoms with Crippen LogP contribution in [0.3, 0.4) is 0 Å². The first-order chi connectivity index (χ1) is 8.63. The number of ether oxygens (including phenoxy) is 2. The van der Waals surface area contributed by atoms with E-state index in [2.05, 4.69) is 10.3 Å². The van der Waals surface area contributed by atoms with Crippen LogP contribution in [-0.4, -0.2) is 19.2 Å². The Hall–Kier alpha value is -1.66. The van der Waals surface area contributed by atoms with Crippen LogP contribution in [0.4, 0.5) is 15.8 Å². The van der Waals surface area contributed by atoms with Gasteiger partial charge in [-0.1, -0.05) is 22.9 Å². The number of hydrogen-bond donors (Lipinski definition) is 2. The van der Waals surface area contributed by atoms with E-state index in [4.69, 9.17) is 26.8 Å². The Kier molecular flexibility index (Phi) is 3.78. The molecule has 3 N–H and O–H groups in total. The molecule has 0 fully saturated rings. The number of rotatable bonds is 4. The molecule has 0 atom stereocenters. The summed E-state index contributed by atoms with van der Waals surface area (Å²) >= 11 is 7.41. The van der Waals surface area contributed by atoms with Gasteiger partial charge >= 0.3 is 0 Å². The number of nitrogens with zero attached hydrogens (tertiary/aromatic N) is 1. The summed E-state index contributed by atoms with van der Waals surface area (Å²) in [6.07, 6.45) is 1.59. The van der Waals surface area contributed by atoms with Crippen LogP contribution in [0.1, 0.15) is 0 Å². The number of thiazole rings is 1. The quantitative estimate of drug-likeness (QED) is 0.903. The van der Waals surface area contributed by atoms with E-state index in [1.165, 1.54) is 11.3 Å². The van der Waals surface area contributed by atoms with Crippen molar-refractivity contribution in [1.82, 2.24) is 4.98 Å². The molecule has 1 aromatic heterocycles. The highest BCUT2D eigenvalue weighted by molar-refractivity contribution is 7.19. The molecule has 2 rings (SSSR count). The molecule has 0 radical (unpaired) electrons. The highest BCUT2D eigenvalue weighted by atomic mass is 35.5. The molecule has 0 aliphatic rings. The minimum atomic E-state index is 0.491.